The van der Waals surface area contributed by atoms with E-state index >= 15 is 0 Å². The fourth-order valence-corrected chi connectivity index (χ4v) is 1.80. The van der Waals surface area contributed by atoms with Gasteiger partial charge in [0.1, 0.15) is 22.8 Å². The summed E-state index contributed by atoms with van der Waals surface area (Å²) in [7, 11) is 0. The second kappa shape index (κ2) is 3.38. The molecule has 0 fully saturated rings. The Morgan fingerprint density at radius 1 is 0.824 bits per heavy atom. The molecule has 0 N–H and O–H groups in total. The second-order valence-corrected chi connectivity index (χ2v) is 3.71. The van der Waals surface area contributed by atoms with Crippen molar-refractivity contribution >= 4 is 21.9 Å². The third-order valence-corrected chi connectivity index (χ3v) is 2.60. The predicted octanol–water partition coefficient (Wildman–Crippen LogP) is 3.22. The summed E-state index contributed by atoms with van der Waals surface area (Å²) in [6.07, 6.45) is 0. The molecule has 0 atom stereocenters. The van der Waals surface area contributed by atoms with Crippen LogP contribution in [0.4, 0.5) is 8.78 Å². The lowest BCUT2D eigenvalue weighted by atomic mass is 10.1. The van der Waals surface area contributed by atoms with Gasteiger partial charge >= 0.3 is 0 Å². The van der Waals surface area contributed by atoms with E-state index in [0.717, 1.165) is 12.1 Å². The fourth-order valence-electron chi connectivity index (χ4n) is 1.80. The van der Waals surface area contributed by atoms with Gasteiger partial charge in [-0.15, -0.1) is 0 Å². The molecule has 4 heteroatoms. The number of fused-ring (bicyclic) bond motifs is 2. The molecule has 84 valence electrons. The third-order valence-electron chi connectivity index (χ3n) is 2.60. The minimum atomic E-state index is -0.503. The summed E-state index contributed by atoms with van der Waals surface area (Å²) < 4.78 is 31.3. The van der Waals surface area contributed by atoms with Crippen molar-refractivity contribution in [3.63, 3.8) is 0 Å². The Labute approximate surface area is 94.1 Å². The normalized spacial score (nSPS) is 11.2. The first-order valence-corrected chi connectivity index (χ1v) is 4.97. The van der Waals surface area contributed by atoms with Crippen LogP contribution in [0.1, 0.15) is 0 Å². The Morgan fingerprint density at radius 2 is 1.29 bits per heavy atom. The lowest BCUT2D eigenvalue weighted by Gasteiger charge is -2.01. The maximum absolute atomic E-state index is 13.0. The first kappa shape index (κ1) is 9.96. The lowest BCUT2D eigenvalue weighted by molar-refractivity contribution is 0.606. The van der Waals surface area contributed by atoms with Crippen LogP contribution < -0.4 is 5.43 Å². The molecular formula is C13H6F2O2. The number of benzene rings is 2. The van der Waals surface area contributed by atoms with E-state index in [1.807, 2.05) is 0 Å². The molecule has 3 aromatic rings. The summed E-state index contributed by atoms with van der Waals surface area (Å²) in [4.78, 5) is 12.0. The van der Waals surface area contributed by atoms with Gasteiger partial charge in [-0.05, 0) is 24.3 Å². The first-order chi connectivity index (χ1) is 8.15. The standard InChI is InChI=1S/C13H6F2O2/c14-7-1-3-9-11(5-7)17-12-6-8(15)2-4-10(12)13(9)16/h1-6H. The molecule has 2 nitrogen and oxygen atoms in total. The van der Waals surface area contributed by atoms with E-state index in [0.29, 0.717) is 0 Å². The minimum absolute atomic E-state index is 0.119. The van der Waals surface area contributed by atoms with Crippen LogP contribution in [0.25, 0.3) is 21.9 Å². The molecule has 0 unspecified atom stereocenters. The molecule has 0 saturated heterocycles. The van der Waals surface area contributed by atoms with Gasteiger partial charge in [-0.3, -0.25) is 4.79 Å². The molecule has 0 amide bonds. The molecule has 0 aliphatic carbocycles. The Hall–Kier alpha value is -2.23. The Bertz CT molecular complexity index is 727. The Morgan fingerprint density at radius 3 is 1.76 bits per heavy atom. The van der Waals surface area contributed by atoms with E-state index in [-0.39, 0.29) is 27.4 Å². The van der Waals surface area contributed by atoms with Crippen molar-refractivity contribution < 1.29 is 13.2 Å². The number of rotatable bonds is 0. The quantitative estimate of drug-likeness (QED) is 0.557. The van der Waals surface area contributed by atoms with Gasteiger partial charge < -0.3 is 4.42 Å². The van der Waals surface area contributed by atoms with Gasteiger partial charge in [0.05, 0.1) is 10.8 Å². The van der Waals surface area contributed by atoms with Crippen LogP contribution in [0.3, 0.4) is 0 Å². The predicted molar refractivity (Wildman–Crippen MR) is 59.9 cm³/mol. The monoisotopic (exact) mass is 232 g/mol. The highest BCUT2D eigenvalue weighted by Gasteiger charge is 2.08. The van der Waals surface area contributed by atoms with E-state index in [9.17, 15) is 13.6 Å². The van der Waals surface area contributed by atoms with Crippen LogP contribution in [0, 0.1) is 11.6 Å². The smallest absolute Gasteiger partial charge is 0.200 e. The maximum Gasteiger partial charge on any atom is 0.200 e. The van der Waals surface area contributed by atoms with Gasteiger partial charge in [0.2, 0.25) is 5.43 Å². The maximum atomic E-state index is 13.0. The molecule has 2 aromatic carbocycles. The molecule has 0 radical (unpaired) electrons. The fraction of sp³-hybridized carbons (Fsp3) is 0. The highest BCUT2D eigenvalue weighted by Crippen LogP contribution is 2.19. The van der Waals surface area contributed by atoms with Crippen molar-refractivity contribution in [1.29, 1.82) is 0 Å². The summed E-state index contributed by atoms with van der Waals surface area (Å²) in [5.41, 5.74) is -0.0533. The Kier molecular flexibility index (Phi) is 1.98. The molecule has 0 aliphatic rings. The average Bonchev–Trinajstić information content (AvgIpc) is 2.28. The molecular weight excluding hydrogens is 226 g/mol. The summed E-state index contributed by atoms with van der Waals surface area (Å²) in [5, 5.41) is 0.566. The lowest BCUT2D eigenvalue weighted by Crippen LogP contribution is -2.02. The topological polar surface area (TPSA) is 30.2 Å². The highest BCUT2D eigenvalue weighted by atomic mass is 19.1. The van der Waals surface area contributed by atoms with Crippen molar-refractivity contribution in [3.8, 4) is 0 Å². The second-order valence-electron chi connectivity index (χ2n) is 3.71. The van der Waals surface area contributed by atoms with Gasteiger partial charge in [-0.25, -0.2) is 8.78 Å². The molecule has 1 aromatic heterocycles. The molecule has 0 spiro atoms. The van der Waals surface area contributed by atoms with E-state index in [4.69, 9.17) is 4.42 Å². The zero-order valence-electron chi connectivity index (χ0n) is 8.54. The summed E-state index contributed by atoms with van der Waals surface area (Å²) in [6, 6.07) is 7.32. The largest absolute Gasteiger partial charge is 0.456 e. The SMILES string of the molecule is O=c1c2ccc(F)cc2oc2cc(F)ccc12. The van der Waals surface area contributed by atoms with Crippen molar-refractivity contribution in [2.24, 2.45) is 0 Å². The van der Waals surface area contributed by atoms with Gasteiger partial charge in [-0.1, -0.05) is 0 Å². The van der Waals surface area contributed by atoms with Gasteiger partial charge in [0.25, 0.3) is 0 Å². The zero-order valence-corrected chi connectivity index (χ0v) is 8.54. The van der Waals surface area contributed by atoms with Crippen molar-refractivity contribution in [3.05, 3.63) is 58.3 Å². The average molecular weight is 232 g/mol. The molecule has 17 heavy (non-hydrogen) atoms. The number of halogens is 2. The van der Waals surface area contributed by atoms with E-state index in [1.54, 1.807) is 0 Å². The van der Waals surface area contributed by atoms with Crippen LogP contribution >= 0.6 is 0 Å². The van der Waals surface area contributed by atoms with Crippen LogP contribution in [0.2, 0.25) is 0 Å². The van der Waals surface area contributed by atoms with Gasteiger partial charge in [0.15, 0.2) is 0 Å². The Balaban J connectivity index is 2.57. The minimum Gasteiger partial charge on any atom is -0.456 e. The molecule has 3 rings (SSSR count). The summed E-state index contributed by atoms with van der Waals surface area (Å²) in [5.74, 6) is -1.01. The van der Waals surface area contributed by atoms with Crippen molar-refractivity contribution in [2.75, 3.05) is 0 Å². The van der Waals surface area contributed by atoms with E-state index in [2.05, 4.69) is 0 Å². The molecule has 0 saturated carbocycles. The highest BCUT2D eigenvalue weighted by molar-refractivity contribution is 5.89. The van der Waals surface area contributed by atoms with Crippen LogP contribution in [0.5, 0.6) is 0 Å². The van der Waals surface area contributed by atoms with Gasteiger partial charge in [-0.2, -0.15) is 0 Å². The van der Waals surface area contributed by atoms with Crippen molar-refractivity contribution in [1.82, 2.24) is 0 Å². The summed E-state index contributed by atoms with van der Waals surface area (Å²) in [6.45, 7) is 0. The molecule has 0 bridgehead atoms. The molecule has 1 heterocycles. The van der Waals surface area contributed by atoms with Crippen LogP contribution in [0.15, 0.2) is 45.6 Å². The van der Waals surface area contributed by atoms with Gasteiger partial charge in [0, 0.05) is 12.1 Å². The first-order valence-electron chi connectivity index (χ1n) is 4.97. The third kappa shape index (κ3) is 1.49. The van der Waals surface area contributed by atoms with Crippen LogP contribution in [-0.2, 0) is 0 Å². The van der Waals surface area contributed by atoms with E-state index in [1.165, 1.54) is 24.3 Å². The number of hydrogen-bond donors (Lipinski definition) is 0. The molecule has 0 aliphatic heterocycles. The van der Waals surface area contributed by atoms with E-state index < -0.39 is 11.6 Å². The van der Waals surface area contributed by atoms with Crippen LogP contribution in [-0.4, -0.2) is 0 Å². The van der Waals surface area contributed by atoms with Crippen molar-refractivity contribution in [2.45, 2.75) is 0 Å². The zero-order chi connectivity index (χ0) is 12.0. The summed E-state index contributed by atoms with van der Waals surface area (Å²) >= 11 is 0. The number of hydrogen-bond acceptors (Lipinski definition) is 2.